The molecule has 2 aromatic rings. The second-order valence-corrected chi connectivity index (χ2v) is 3.56. The normalized spacial score (nSPS) is 10.6. The molecular formula is C14H14N2O2. The highest BCUT2D eigenvalue weighted by Gasteiger charge is 1.99. The van der Waals surface area contributed by atoms with E-state index in [4.69, 9.17) is 9.47 Å². The van der Waals surface area contributed by atoms with Crippen molar-refractivity contribution < 1.29 is 9.47 Å². The topological polar surface area (TPSA) is 43.7 Å². The van der Waals surface area contributed by atoms with Crippen LogP contribution in [0.5, 0.6) is 11.6 Å². The van der Waals surface area contributed by atoms with Crippen molar-refractivity contribution in [2.24, 2.45) is 4.99 Å². The van der Waals surface area contributed by atoms with Gasteiger partial charge in [0.15, 0.2) is 0 Å². The van der Waals surface area contributed by atoms with Gasteiger partial charge in [-0.3, -0.25) is 4.99 Å². The van der Waals surface area contributed by atoms with E-state index in [1.54, 1.807) is 26.6 Å². The molecular weight excluding hydrogens is 228 g/mol. The van der Waals surface area contributed by atoms with Crippen LogP contribution in [-0.4, -0.2) is 25.4 Å². The number of hydrogen-bond acceptors (Lipinski definition) is 4. The van der Waals surface area contributed by atoms with Crippen LogP contribution in [-0.2, 0) is 0 Å². The van der Waals surface area contributed by atoms with Gasteiger partial charge in [-0.05, 0) is 24.3 Å². The predicted octanol–water partition coefficient (Wildman–Crippen LogP) is 2.85. The highest BCUT2D eigenvalue weighted by atomic mass is 16.5. The van der Waals surface area contributed by atoms with Gasteiger partial charge in [-0.2, -0.15) is 0 Å². The van der Waals surface area contributed by atoms with Crippen molar-refractivity contribution in [3.8, 4) is 11.6 Å². The van der Waals surface area contributed by atoms with E-state index in [1.165, 1.54) is 0 Å². The summed E-state index contributed by atoms with van der Waals surface area (Å²) in [5.41, 5.74) is 1.66. The fourth-order valence-corrected chi connectivity index (χ4v) is 1.51. The minimum absolute atomic E-state index is 0.559. The zero-order valence-electron chi connectivity index (χ0n) is 10.3. The largest absolute Gasteiger partial charge is 0.497 e. The minimum Gasteiger partial charge on any atom is -0.497 e. The maximum absolute atomic E-state index is 5.15. The summed E-state index contributed by atoms with van der Waals surface area (Å²) >= 11 is 0. The van der Waals surface area contributed by atoms with Crippen LogP contribution < -0.4 is 9.47 Å². The minimum atomic E-state index is 0.559. The lowest BCUT2D eigenvalue weighted by Gasteiger charge is -2.02. The van der Waals surface area contributed by atoms with Gasteiger partial charge in [-0.1, -0.05) is 6.07 Å². The molecule has 2 rings (SSSR count). The molecule has 4 heteroatoms. The zero-order chi connectivity index (χ0) is 12.8. The number of methoxy groups -OCH3 is 2. The Morgan fingerprint density at radius 1 is 1.11 bits per heavy atom. The SMILES string of the molecule is COc1cccc(N=Cc2cccnc2OC)c1. The van der Waals surface area contributed by atoms with Crippen molar-refractivity contribution in [3.63, 3.8) is 0 Å². The molecule has 0 aliphatic rings. The fraction of sp³-hybridized carbons (Fsp3) is 0.143. The third-order valence-electron chi connectivity index (χ3n) is 2.40. The zero-order valence-corrected chi connectivity index (χ0v) is 10.3. The maximum atomic E-state index is 5.15. The van der Waals surface area contributed by atoms with Crippen LogP contribution in [0.3, 0.4) is 0 Å². The average Bonchev–Trinajstić information content (AvgIpc) is 2.45. The molecule has 0 atom stereocenters. The van der Waals surface area contributed by atoms with Crippen LogP contribution in [0, 0.1) is 0 Å². The quantitative estimate of drug-likeness (QED) is 0.774. The van der Waals surface area contributed by atoms with Gasteiger partial charge in [0.25, 0.3) is 0 Å². The van der Waals surface area contributed by atoms with Gasteiger partial charge in [0.2, 0.25) is 5.88 Å². The molecule has 4 nitrogen and oxygen atoms in total. The summed E-state index contributed by atoms with van der Waals surface area (Å²) in [6.45, 7) is 0. The molecule has 1 heterocycles. The van der Waals surface area contributed by atoms with Crippen molar-refractivity contribution in [2.45, 2.75) is 0 Å². The lowest BCUT2D eigenvalue weighted by atomic mass is 10.3. The number of ether oxygens (including phenoxy) is 2. The number of aromatic nitrogens is 1. The Balaban J connectivity index is 2.24. The molecule has 0 fully saturated rings. The second kappa shape index (κ2) is 5.82. The monoisotopic (exact) mass is 242 g/mol. The molecule has 92 valence electrons. The summed E-state index contributed by atoms with van der Waals surface area (Å²) in [4.78, 5) is 8.47. The third-order valence-corrected chi connectivity index (χ3v) is 2.40. The van der Waals surface area contributed by atoms with Crippen LogP contribution >= 0.6 is 0 Å². The standard InChI is InChI=1S/C14H14N2O2/c1-17-13-7-3-6-12(9-13)16-10-11-5-4-8-15-14(11)18-2/h3-10H,1-2H3. The Hall–Kier alpha value is -2.36. The summed E-state index contributed by atoms with van der Waals surface area (Å²) in [7, 11) is 3.22. The van der Waals surface area contributed by atoms with Crippen LogP contribution in [0.1, 0.15) is 5.56 Å². The number of benzene rings is 1. The molecule has 18 heavy (non-hydrogen) atoms. The molecule has 1 aromatic carbocycles. The molecule has 1 aromatic heterocycles. The van der Waals surface area contributed by atoms with Gasteiger partial charge >= 0.3 is 0 Å². The summed E-state index contributed by atoms with van der Waals surface area (Å²) in [5, 5.41) is 0. The molecule has 0 bridgehead atoms. The molecule has 0 aliphatic carbocycles. The summed E-state index contributed by atoms with van der Waals surface area (Å²) < 4.78 is 10.3. The Bertz CT molecular complexity index is 553. The molecule has 0 amide bonds. The first kappa shape index (κ1) is 12.1. The predicted molar refractivity (Wildman–Crippen MR) is 71.0 cm³/mol. The molecule has 0 unspecified atom stereocenters. The molecule has 0 N–H and O–H groups in total. The van der Waals surface area contributed by atoms with Crippen molar-refractivity contribution >= 4 is 11.9 Å². The first-order chi connectivity index (χ1) is 8.83. The van der Waals surface area contributed by atoms with E-state index in [9.17, 15) is 0 Å². The smallest absolute Gasteiger partial charge is 0.221 e. The molecule has 0 radical (unpaired) electrons. The molecule has 0 saturated carbocycles. The lowest BCUT2D eigenvalue weighted by Crippen LogP contribution is -1.92. The van der Waals surface area contributed by atoms with E-state index in [0.717, 1.165) is 17.0 Å². The number of rotatable bonds is 4. The number of aliphatic imine (C=N–C) groups is 1. The Morgan fingerprint density at radius 3 is 2.78 bits per heavy atom. The molecule has 0 spiro atoms. The average molecular weight is 242 g/mol. The van der Waals surface area contributed by atoms with Crippen molar-refractivity contribution in [1.82, 2.24) is 4.98 Å². The van der Waals surface area contributed by atoms with E-state index in [0.29, 0.717) is 5.88 Å². The highest BCUT2D eigenvalue weighted by Crippen LogP contribution is 2.20. The summed E-state index contributed by atoms with van der Waals surface area (Å²) in [6, 6.07) is 11.3. The van der Waals surface area contributed by atoms with Gasteiger partial charge in [-0.25, -0.2) is 4.98 Å². The maximum Gasteiger partial charge on any atom is 0.221 e. The van der Waals surface area contributed by atoms with Crippen molar-refractivity contribution in [2.75, 3.05) is 14.2 Å². The second-order valence-electron chi connectivity index (χ2n) is 3.56. The lowest BCUT2D eigenvalue weighted by molar-refractivity contribution is 0.397. The van der Waals surface area contributed by atoms with Crippen LogP contribution in [0.2, 0.25) is 0 Å². The van der Waals surface area contributed by atoms with E-state index in [-0.39, 0.29) is 0 Å². The van der Waals surface area contributed by atoms with Gasteiger partial charge in [0.05, 0.1) is 25.5 Å². The van der Waals surface area contributed by atoms with E-state index >= 15 is 0 Å². The number of nitrogens with zero attached hydrogens (tertiary/aromatic N) is 2. The first-order valence-electron chi connectivity index (χ1n) is 5.50. The Kier molecular flexibility index (Phi) is 3.91. The Morgan fingerprint density at radius 2 is 2.00 bits per heavy atom. The third kappa shape index (κ3) is 2.85. The number of pyridine rings is 1. The van der Waals surface area contributed by atoms with E-state index < -0.39 is 0 Å². The van der Waals surface area contributed by atoms with Crippen LogP contribution in [0.4, 0.5) is 5.69 Å². The summed E-state index contributed by atoms with van der Waals surface area (Å²) in [6.07, 6.45) is 3.41. The van der Waals surface area contributed by atoms with E-state index in [2.05, 4.69) is 9.98 Å². The molecule has 0 aliphatic heterocycles. The fourth-order valence-electron chi connectivity index (χ4n) is 1.51. The van der Waals surface area contributed by atoms with Gasteiger partial charge in [0, 0.05) is 18.5 Å². The Labute approximate surface area is 106 Å². The van der Waals surface area contributed by atoms with Crippen LogP contribution in [0.25, 0.3) is 0 Å². The van der Waals surface area contributed by atoms with Gasteiger partial charge < -0.3 is 9.47 Å². The highest BCUT2D eigenvalue weighted by molar-refractivity contribution is 5.84. The van der Waals surface area contributed by atoms with E-state index in [1.807, 2.05) is 36.4 Å². The first-order valence-corrected chi connectivity index (χ1v) is 5.50. The number of hydrogen-bond donors (Lipinski definition) is 0. The van der Waals surface area contributed by atoms with Gasteiger partial charge in [-0.15, -0.1) is 0 Å². The van der Waals surface area contributed by atoms with Crippen molar-refractivity contribution in [1.29, 1.82) is 0 Å². The molecule has 0 saturated heterocycles. The van der Waals surface area contributed by atoms with Crippen molar-refractivity contribution in [3.05, 3.63) is 48.2 Å². The van der Waals surface area contributed by atoms with Gasteiger partial charge in [0.1, 0.15) is 5.75 Å². The van der Waals surface area contributed by atoms with Crippen LogP contribution in [0.15, 0.2) is 47.6 Å². The summed E-state index contributed by atoms with van der Waals surface area (Å²) in [5.74, 6) is 1.34.